The van der Waals surface area contributed by atoms with Gasteiger partial charge < -0.3 is 10.2 Å². The van der Waals surface area contributed by atoms with Crippen LogP contribution in [0.15, 0.2) is 18.3 Å². The van der Waals surface area contributed by atoms with Gasteiger partial charge in [-0.1, -0.05) is 6.92 Å². The molecule has 0 bridgehead atoms. The molecule has 3 rings (SSSR count). The first-order valence-corrected chi connectivity index (χ1v) is 10.8. The van der Waals surface area contributed by atoms with Crippen molar-refractivity contribution >= 4 is 11.8 Å². The summed E-state index contributed by atoms with van der Waals surface area (Å²) < 4.78 is 0. The maximum Gasteiger partial charge on any atom is 0.255 e. The number of nitrogens with zero attached hydrogens (tertiary/aromatic N) is 3. The van der Waals surface area contributed by atoms with Crippen LogP contribution in [0.25, 0.3) is 0 Å². The molecule has 2 aliphatic heterocycles. The predicted molar refractivity (Wildman–Crippen MR) is 110 cm³/mol. The molecule has 0 radical (unpaired) electrons. The number of carbonyl (C=O) groups excluding carboxylic acids is 2. The number of pyridine rings is 1. The van der Waals surface area contributed by atoms with Crippen LogP contribution in [0.1, 0.15) is 61.5 Å². The molecule has 1 N–H and O–H groups in total. The molecule has 0 saturated carbocycles. The third-order valence-electron chi connectivity index (χ3n) is 6.28. The maximum absolute atomic E-state index is 12.6. The number of aromatic nitrogens is 1. The van der Waals surface area contributed by atoms with Crippen molar-refractivity contribution in [3.63, 3.8) is 0 Å². The van der Waals surface area contributed by atoms with Gasteiger partial charge in [0.25, 0.3) is 5.91 Å². The molecule has 1 aromatic heterocycles. The Labute approximate surface area is 168 Å². The zero-order valence-corrected chi connectivity index (χ0v) is 17.3. The van der Waals surface area contributed by atoms with Crippen LogP contribution < -0.4 is 5.32 Å². The highest BCUT2D eigenvalue weighted by molar-refractivity contribution is 5.94. The number of nitrogens with one attached hydrogen (secondary N) is 1. The number of hydrogen-bond acceptors (Lipinski definition) is 4. The van der Waals surface area contributed by atoms with Gasteiger partial charge in [0.2, 0.25) is 5.91 Å². The van der Waals surface area contributed by atoms with Crippen molar-refractivity contribution in [2.45, 2.75) is 58.4 Å². The molecule has 2 aliphatic rings. The van der Waals surface area contributed by atoms with Crippen LogP contribution in [0.3, 0.4) is 0 Å². The molecule has 2 amide bonds. The molecular weight excluding hydrogens is 352 g/mol. The van der Waals surface area contributed by atoms with Crippen molar-refractivity contribution in [3.8, 4) is 0 Å². The summed E-state index contributed by atoms with van der Waals surface area (Å²) in [4.78, 5) is 33.4. The summed E-state index contributed by atoms with van der Waals surface area (Å²) in [5.74, 6) is 0.775. The second-order valence-electron chi connectivity index (χ2n) is 8.19. The van der Waals surface area contributed by atoms with Crippen LogP contribution >= 0.6 is 0 Å². The molecular formula is C22H34N4O2. The first-order valence-electron chi connectivity index (χ1n) is 10.8. The Morgan fingerprint density at radius 2 is 1.96 bits per heavy atom. The number of amides is 2. The quantitative estimate of drug-likeness (QED) is 0.782. The molecule has 28 heavy (non-hydrogen) atoms. The third kappa shape index (κ3) is 5.53. The van der Waals surface area contributed by atoms with E-state index in [0.717, 1.165) is 57.7 Å². The van der Waals surface area contributed by atoms with E-state index < -0.39 is 0 Å². The first kappa shape index (κ1) is 20.8. The van der Waals surface area contributed by atoms with Gasteiger partial charge in [-0.15, -0.1) is 0 Å². The highest BCUT2D eigenvalue weighted by atomic mass is 16.2. The van der Waals surface area contributed by atoms with Crippen LogP contribution in [-0.2, 0) is 4.79 Å². The van der Waals surface area contributed by atoms with Crippen molar-refractivity contribution in [3.05, 3.63) is 29.6 Å². The smallest absolute Gasteiger partial charge is 0.255 e. The van der Waals surface area contributed by atoms with Crippen molar-refractivity contribution in [2.75, 3.05) is 32.7 Å². The number of piperidine rings is 1. The van der Waals surface area contributed by atoms with E-state index in [-0.39, 0.29) is 11.8 Å². The minimum atomic E-state index is 0.0701. The van der Waals surface area contributed by atoms with Crippen LogP contribution in [0.2, 0.25) is 0 Å². The van der Waals surface area contributed by atoms with E-state index in [9.17, 15) is 9.59 Å². The highest BCUT2D eigenvalue weighted by Crippen LogP contribution is 2.23. The van der Waals surface area contributed by atoms with Crippen LogP contribution in [0.4, 0.5) is 0 Å². The van der Waals surface area contributed by atoms with Gasteiger partial charge in [0, 0.05) is 44.0 Å². The lowest BCUT2D eigenvalue weighted by molar-refractivity contribution is -0.121. The Morgan fingerprint density at radius 3 is 2.64 bits per heavy atom. The van der Waals surface area contributed by atoms with E-state index in [2.05, 4.69) is 22.1 Å². The summed E-state index contributed by atoms with van der Waals surface area (Å²) in [5.41, 5.74) is 1.58. The Bertz CT molecular complexity index is 653. The molecule has 0 aliphatic carbocycles. The summed E-state index contributed by atoms with van der Waals surface area (Å²) in [6, 6.07) is 4.24. The molecule has 6 heteroatoms. The first-order chi connectivity index (χ1) is 13.6. The van der Waals surface area contributed by atoms with Crippen molar-refractivity contribution in [2.24, 2.45) is 5.92 Å². The topological polar surface area (TPSA) is 65.5 Å². The third-order valence-corrected chi connectivity index (χ3v) is 6.28. The van der Waals surface area contributed by atoms with Crippen molar-refractivity contribution in [1.82, 2.24) is 20.1 Å². The minimum absolute atomic E-state index is 0.0701. The normalized spacial score (nSPS) is 21.1. The molecule has 6 nitrogen and oxygen atoms in total. The molecule has 2 fully saturated rings. The van der Waals surface area contributed by atoms with Crippen LogP contribution in [0, 0.1) is 12.8 Å². The zero-order chi connectivity index (χ0) is 19.9. The van der Waals surface area contributed by atoms with Gasteiger partial charge in [-0.2, -0.15) is 0 Å². The van der Waals surface area contributed by atoms with Gasteiger partial charge in [0.15, 0.2) is 0 Å². The largest absolute Gasteiger partial charge is 0.355 e. The summed E-state index contributed by atoms with van der Waals surface area (Å²) in [5, 5.41) is 3.13. The number of rotatable bonds is 7. The van der Waals surface area contributed by atoms with E-state index in [1.807, 2.05) is 24.0 Å². The lowest BCUT2D eigenvalue weighted by atomic mass is 9.91. The van der Waals surface area contributed by atoms with E-state index in [1.165, 1.54) is 12.8 Å². The Hall–Kier alpha value is -1.95. The van der Waals surface area contributed by atoms with E-state index >= 15 is 0 Å². The van der Waals surface area contributed by atoms with Crippen molar-refractivity contribution < 1.29 is 9.59 Å². The predicted octanol–water partition coefficient (Wildman–Crippen LogP) is 2.62. The fraction of sp³-hybridized carbons (Fsp3) is 0.682. The fourth-order valence-electron chi connectivity index (χ4n) is 4.40. The van der Waals surface area contributed by atoms with Crippen molar-refractivity contribution in [1.29, 1.82) is 0 Å². The molecule has 0 aromatic carbocycles. The highest BCUT2D eigenvalue weighted by Gasteiger charge is 2.25. The fourth-order valence-corrected chi connectivity index (χ4v) is 4.40. The second-order valence-corrected chi connectivity index (χ2v) is 8.19. The molecule has 0 spiro atoms. The summed E-state index contributed by atoms with van der Waals surface area (Å²) in [6.45, 7) is 8.66. The lowest BCUT2D eigenvalue weighted by Crippen LogP contribution is -2.40. The van der Waals surface area contributed by atoms with Crippen LogP contribution in [-0.4, -0.2) is 65.4 Å². The maximum atomic E-state index is 12.6. The summed E-state index contributed by atoms with van der Waals surface area (Å²) >= 11 is 0. The van der Waals surface area contributed by atoms with Crippen LogP contribution in [0.5, 0.6) is 0 Å². The van der Waals surface area contributed by atoms with Gasteiger partial charge in [-0.25, -0.2) is 0 Å². The van der Waals surface area contributed by atoms with Gasteiger partial charge >= 0.3 is 0 Å². The van der Waals surface area contributed by atoms with Gasteiger partial charge in [-0.3, -0.25) is 19.5 Å². The lowest BCUT2D eigenvalue weighted by Gasteiger charge is -2.32. The number of likely N-dealkylation sites (N-methyl/N-ethyl adjacent to an activating group) is 1. The minimum Gasteiger partial charge on any atom is -0.355 e. The zero-order valence-electron chi connectivity index (χ0n) is 17.3. The Kier molecular flexibility index (Phi) is 7.43. The van der Waals surface area contributed by atoms with E-state index in [0.29, 0.717) is 23.9 Å². The van der Waals surface area contributed by atoms with E-state index in [1.54, 1.807) is 6.20 Å². The van der Waals surface area contributed by atoms with Gasteiger partial charge in [0.05, 0.1) is 5.56 Å². The number of carbonyl (C=O) groups is 2. The number of likely N-dealkylation sites (tertiary alicyclic amines) is 2. The van der Waals surface area contributed by atoms with E-state index in [4.69, 9.17) is 0 Å². The van der Waals surface area contributed by atoms with Gasteiger partial charge in [-0.05, 0) is 70.2 Å². The Morgan fingerprint density at radius 1 is 1.18 bits per heavy atom. The number of hydrogen-bond donors (Lipinski definition) is 1. The molecule has 2 saturated heterocycles. The average molecular weight is 387 g/mol. The molecule has 3 heterocycles. The van der Waals surface area contributed by atoms with Gasteiger partial charge in [0.1, 0.15) is 0 Å². The molecule has 1 atom stereocenters. The second kappa shape index (κ2) is 10.0. The average Bonchev–Trinajstić information content (AvgIpc) is 3.19. The SMILES string of the molecule is CCN1CCCC1CNC(=O)CCC1CCN(C(=O)c2ccc(C)nc2)CC1. The number of aryl methyl sites for hydroxylation is 1. The molecule has 154 valence electrons. The standard InChI is InChI=1S/C22H34N4O2/c1-3-25-12-4-5-20(25)16-24-21(27)9-7-18-10-13-26(14-11-18)22(28)19-8-6-17(2)23-15-19/h6,8,15,18,20H,3-5,7,9-14,16H2,1-2H3,(H,24,27). The molecule has 1 aromatic rings. The Balaban J connectivity index is 1.34. The summed E-state index contributed by atoms with van der Waals surface area (Å²) in [7, 11) is 0. The monoisotopic (exact) mass is 386 g/mol. The molecule has 1 unspecified atom stereocenters. The summed E-state index contributed by atoms with van der Waals surface area (Å²) in [6.07, 6.45) is 7.57.